The van der Waals surface area contributed by atoms with E-state index in [-0.39, 0.29) is 30.1 Å². The lowest BCUT2D eigenvalue weighted by Crippen LogP contribution is -2.43. The summed E-state index contributed by atoms with van der Waals surface area (Å²) in [7, 11) is 3.51. The Kier molecular flexibility index (Phi) is 10.2. The molecule has 0 radical (unpaired) electrons. The maximum atomic E-state index is 5.99. The van der Waals surface area contributed by atoms with Gasteiger partial charge in [0.1, 0.15) is 17.6 Å². The Bertz CT molecular complexity index is 846. The van der Waals surface area contributed by atoms with Gasteiger partial charge in [-0.1, -0.05) is 18.2 Å². The SMILES string of the molecule is CN=C(NCC1CCN(c2cccc(OC)c2)C1)NCC(C)Oc1cccc(C)c1.I. The highest BCUT2D eigenvalue weighted by atomic mass is 127. The Hall–Kier alpha value is -2.16. The molecule has 1 fully saturated rings. The quantitative estimate of drug-likeness (QED) is 0.302. The lowest BCUT2D eigenvalue weighted by Gasteiger charge is -2.21. The number of rotatable bonds is 8. The highest BCUT2D eigenvalue weighted by Crippen LogP contribution is 2.26. The molecule has 1 heterocycles. The minimum atomic E-state index is 0. The second-order valence-corrected chi connectivity index (χ2v) is 7.88. The molecule has 0 aromatic heterocycles. The van der Waals surface area contributed by atoms with Crippen LogP contribution in [0.3, 0.4) is 0 Å². The normalized spacial score (nSPS) is 17.0. The van der Waals surface area contributed by atoms with Gasteiger partial charge in [0.2, 0.25) is 0 Å². The molecule has 0 saturated carbocycles. The molecule has 2 aromatic rings. The average Bonchev–Trinajstić information content (AvgIpc) is 3.23. The minimum Gasteiger partial charge on any atom is -0.497 e. The number of hydrogen-bond acceptors (Lipinski definition) is 4. The summed E-state index contributed by atoms with van der Waals surface area (Å²) >= 11 is 0. The summed E-state index contributed by atoms with van der Waals surface area (Å²) in [5.41, 5.74) is 2.42. The van der Waals surface area contributed by atoms with E-state index in [0.29, 0.717) is 12.5 Å². The molecule has 0 spiro atoms. The summed E-state index contributed by atoms with van der Waals surface area (Å²) < 4.78 is 11.3. The first-order valence-corrected chi connectivity index (χ1v) is 10.6. The Balaban J connectivity index is 0.00000341. The van der Waals surface area contributed by atoms with Gasteiger partial charge in [-0.2, -0.15) is 0 Å². The standard InChI is InChI=1S/C24H34N4O2.HI/c1-18-7-5-10-23(13-18)30-19(2)15-26-24(25-3)27-16-20-11-12-28(17-20)21-8-6-9-22(14-21)29-4;/h5-10,13-14,19-20H,11-12,15-17H2,1-4H3,(H2,25,26,27);1H. The predicted molar refractivity (Wildman–Crippen MR) is 139 cm³/mol. The zero-order chi connectivity index (χ0) is 21.3. The van der Waals surface area contributed by atoms with Crippen LogP contribution in [0.25, 0.3) is 0 Å². The van der Waals surface area contributed by atoms with Crippen LogP contribution >= 0.6 is 24.0 Å². The number of nitrogens with one attached hydrogen (secondary N) is 2. The van der Waals surface area contributed by atoms with Gasteiger partial charge in [-0.25, -0.2) is 0 Å². The number of benzene rings is 2. The van der Waals surface area contributed by atoms with Crippen LogP contribution in [0.15, 0.2) is 53.5 Å². The summed E-state index contributed by atoms with van der Waals surface area (Å²) in [6, 6.07) is 16.4. The Morgan fingerprint density at radius 1 is 1.16 bits per heavy atom. The van der Waals surface area contributed by atoms with Gasteiger partial charge in [-0.3, -0.25) is 4.99 Å². The third kappa shape index (κ3) is 7.79. The molecule has 0 aliphatic carbocycles. The van der Waals surface area contributed by atoms with Crippen molar-refractivity contribution >= 4 is 35.6 Å². The summed E-state index contributed by atoms with van der Waals surface area (Å²) in [6.07, 6.45) is 1.20. The molecular weight excluding hydrogens is 503 g/mol. The van der Waals surface area contributed by atoms with E-state index in [9.17, 15) is 0 Å². The first-order chi connectivity index (χ1) is 14.6. The largest absolute Gasteiger partial charge is 0.497 e. The molecule has 2 unspecified atom stereocenters. The number of guanidine groups is 1. The van der Waals surface area contributed by atoms with Gasteiger partial charge in [0.15, 0.2) is 5.96 Å². The number of hydrogen-bond donors (Lipinski definition) is 2. The first-order valence-electron chi connectivity index (χ1n) is 10.6. The van der Waals surface area contributed by atoms with Crippen molar-refractivity contribution in [3.8, 4) is 11.5 Å². The van der Waals surface area contributed by atoms with Crippen LogP contribution in [0.2, 0.25) is 0 Å². The van der Waals surface area contributed by atoms with Gasteiger partial charge in [-0.05, 0) is 56.0 Å². The minimum absolute atomic E-state index is 0. The van der Waals surface area contributed by atoms with Crippen molar-refractivity contribution in [1.82, 2.24) is 10.6 Å². The number of methoxy groups -OCH3 is 1. The summed E-state index contributed by atoms with van der Waals surface area (Å²) in [4.78, 5) is 6.77. The van der Waals surface area contributed by atoms with Crippen molar-refractivity contribution in [3.05, 3.63) is 54.1 Å². The molecular formula is C24H35IN4O2. The number of anilines is 1. The van der Waals surface area contributed by atoms with E-state index in [2.05, 4.69) is 58.6 Å². The fraction of sp³-hybridized carbons (Fsp3) is 0.458. The van der Waals surface area contributed by atoms with Crippen LogP contribution in [0, 0.1) is 12.8 Å². The molecule has 1 saturated heterocycles. The number of halogens is 1. The maximum absolute atomic E-state index is 5.99. The molecule has 1 aliphatic heterocycles. The van der Waals surface area contributed by atoms with Crippen LogP contribution in [-0.4, -0.2) is 52.4 Å². The van der Waals surface area contributed by atoms with Gasteiger partial charge in [0, 0.05) is 38.4 Å². The van der Waals surface area contributed by atoms with Crippen molar-refractivity contribution in [2.75, 3.05) is 45.2 Å². The molecule has 0 bridgehead atoms. The molecule has 2 N–H and O–H groups in total. The van der Waals surface area contributed by atoms with Gasteiger partial charge >= 0.3 is 0 Å². The van der Waals surface area contributed by atoms with E-state index < -0.39 is 0 Å². The number of nitrogens with zero attached hydrogens (tertiary/aromatic N) is 2. The third-order valence-corrected chi connectivity index (χ3v) is 5.37. The summed E-state index contributed by atoms with van der Waals surface area (Å²) in [6.45, 7) is 7.81. The van der Waals surface area contributed by atoms with Crippen molar-refractivity contribution < 1.29 is 9.47 Å². The second kappa shape index (κ2) is 12.6. The summed E-state index contributed by atoms with van der Waals surface area (Å²) in [5.74, 6) is 3.20. The number of aryl methyl sites for hydroxylation is 1. The highest BCUT2D eigenvalue weighted by Gasteiger charge is 2.23. The van der Waals surface area contributed by atoms with Gasteiger partial charge in [-0.15, -0.1) is 24.0 Å². The fourth-order valence-electron chi connectivity index (χ4n) is 3.71. The van der Waals surface area contributed by atoms with Crippen LogP contribution in [-0.2, 0) is 0 Å². The van der Waals surface area contributed by atoms with E-state index in [1.807, 2.05) is 24.3 Å². The Labute approximate surface area is 203 Å². The Morgan fingerprint density at radius 2 is 1.94 bits per heavy atom. The number of aliphatic imine (C=N–C) groups is 1. The van der Waals surface area contributed by atoms with E-state index >= 15 is 0 Å². The number of ether oxygens (including phenoxy) is 2. The third-order valence-electron chi connectivity index (χ3n) is 5.37. The van der Waals surface area contributed by atoms with Crippen molar-refractivity contribution in [1.29, 1.82) is 0 Å². The van der Waals surface area contributed by atoms with Gasteiger partial charge < -0.3 is 25.0 Å². The van der Waals surface area contributed by atoms with E-state index in [1.165, 1.54) is 11.3 Å². The van der Waals surface area contributed by atoms with Crippen molar-refractivity contribution in [2.24, 2.45) is 10.9 Å². The second-order valence-electron chi connectivity index (χ2n) is 7.88. The molecule has 1 aliphatic rings. The fourth-order valence-corrected chi connectivity index (χ4v) is 3.71. The average molecular weight is 538 g/mol. The lowest BCUT2D eigenvalue weighted by atomic mass is 10.1. The molecule has 2 aromatic carbocycles. The van der Waals surface area contributed by atoms with Crippen molar-refractivity contribution in [2.45, 2.75) is 26.4 Å². The van der Waals surface area contributed by atoms with Crippen LogP contribution < -0.4 is 25.0 Å². The molecule has 7 heteroatoms. The zero-order valence-corrected chi connectivity index (χ0v) is 21.3. The molecule has 3 rings (SSSR count). The molecule has 6 nitrogen and oxygen atoms in total. The molecule has 0 amide bonds. The highest BCUT2D eigenvalue weighted by molar-refractivity contribution is 14.0. The van der Waals surface area contributed by atoms with Gasteiger partial charge in [0.05, 0.1) is 13.7 Å². The van der Waals surface area contributed by atoms with E-state index in [4.69, 9.17) is 9.47 Å². The van der Waals surface area contributed by atoms with E-state index in [1.54, 1.807) is 14.2 Å². The molecule has 2 atom stereocenters. The molecule has 31 heavy (non-hydrogen) atoms. The lowest BCUT2D eigenvalue weighted by molar-refractivity contribution is 0.223. The smallest absolute Gasteiger partial charge is 0.191 e. The zero-order valence-electron chi connectivity index (χ0n) is 18.9. The predicted octanol–water partition coefficient (Wildman–Crippen LogP) is 4.08. The van der Waals surface area contributed by atoms with Crippen LogP contribution in [0.5, 0.6) is 11.5 Å². The maximum Gasteiger partial charge on any atom is 0.191 e. The van der Waals surface area contributed by atoms with Crippen LogP contribution in [0.4, 0.5) is 5.69 Å². The van der Waals surface area contributed by atoms with Crippen molar-refractivity contribution in [3.63, 3.8) is 0 Å². The molecule has 170 valence electrons. The first kappa shape index (κ1) is 25.1. The topological polar surface area (TPSA) is 58.1 Å². The Morgan fingerprint density at radius 3 is 2.68 bits per heavy atom. The van der Waals surface area contributed by atoms with Crippen LogP contribution in [0.1, 0.15) is 18.9 Å². The van der Waals surface area contributed by atoms with Gasteiger partial charge in [0.25, 0.3) is 0 Å². The van der Waals surface area contributed by atoms with E-state index in [0.717, 1.165) is 43.5 Å². The summed E-state index contributed by atoms with van der Waals surface area (Å²) in [5, 5.41) is 6.84. The monoisotopic (exact) mass is 538 g/mol.